The van der Waals surface area contributed by atoms with Crippen LogP contribution in [0.2, 0.25) is 0 Å². The molecule has 0 aliphatic heterocycles. The fourth-order valence-corrected chi connectivity index (χ4v) is 1.53. The third kappa shape index (κ3) is 2.70. The Morgan fingerprint density at radius 1 is 1.16 bits per heavy atom. The molecule has 0 fully saturated rings. The zero-order valence-corrected chi connectivity index (χ0v) is 9.48. The fourth-order valence-electron chi connectivity index (χ4n) is 1.53. The lowest BCUT2D eigenvalue weighted by Gasteiger charge is -2.10. The maximum atomic E-state index is 12.5. The molecule has 0 aromatic carbocycles. The summed E-state index contributed by atoms with van der Waals surface area (Å²) in [6.07, 6.45) is -3.18. The first-order valence-corrected chi connectivity index (χ1v) is 5.19. The smallest absolute Gasteiger partial charge is 0.364 e. The lowest BCUT2D eigenvalue weighted by molar-refractivity contribution is -0.141. The summed E-state index contributed by atoms with van der Waals surface area (Å²) in [6, 6.07) is 6.77. The third-order valence-corrected chi connectivity index (χ3v) is 2.36. The van der Waals surface area contributed by atoms with Gasteiger partial charge in [-0.25, -0.2) is 4.98 Å². The molecule has 1 amide bonds. The Balaban J connectivity index is 2.61. The second-order valence-electron chi connectivity index (χ2n) is 3.67. The molecule has 2 heterocycles. The molecule has 0 saturated heterocycles. The summed E-state index contributed by atoms with van der Waals surface area (Å²) in [5.74, 6) is -1.04. The molecule has 0 radical (unpaired) electrons. The Hall–Kier alpha value is -2.44. The van der Waals surface area contributed by atoms with E-state index in [4.69, 9.17) is 5.73 Å². The molecule has 2 aromatic rings. The first kappa shape index (κ1) is 13.0. The van der Waals surface area contributed by atoms with Crippen molar-refractivity contribution < 1.29 is 18.0 Å². The number of carbonyl (C=O) groups is 1. The van der Waals surface area contributed by atoms with Crippen molar-refractivity contribution in [2.45, 2.75) is 6.18 Å². The molecule has 0 unspecified atom stereocenters. The first-order chi connectivity index (χ1) is 8.89. The van der Waals surface area contributed by atoms with Crippen LogP contribution in [0.5, 0.6) is 0 Å². The average Bonchev–Trinajstić information content (AvgIpc) is 2.38. The van der Waals surface area contributed by atoms with Crippen LogP contribution in [-0.2, 0) is 6.18 Å². The molecule has 2 aromatic heterocycles. The van der Waals surface area contributed by atoms with Gasteiger partial charge in [0.1, 0.15) is 11.4 Å². The molecule has 0 saturated carbocycles. The summed E-state index contributed by atoms with van der Waals surface area (Å²) in [6.45, 7) is 0. The van der Waals surface area contributed by atoms with Gasteiger partial charge in [0.2, 0.25) is 0 Å². The van der Waals surface area contributed by atoms with Crippen LogP contribution in [0.3, 0.4) is 0 Å². The van der Waals surface area contributed by atoms with Crippen molar-refractivity contribution in [3.63, 3.8) is 0 Å². The van der Waals surface area contributed by atoms with E-state index in [0.717, 1.165) is 12.1 Å². The number of pyridine rings is 2. The van der Waals surface area contributed by atoms with E-state index in [2.05, 4.69) is 9.97 Å². The molecule has 0 aliphatic carbocycles. The van der Waals surface area contributed by atoms with Gasteiger partial charge >= 0.3 is 6.18 Å². The molecule has 19 heavy (non-hydrogen) atoms. The highest BCUT2D eigenvalue weighted by Gasteiger charge is 2.33. The number of hydrogen-bond acceptors (Lipinski definition) is 3. The third-order valence-electron chi connectivity index (χ3n) is 2.36. The van der Waals surface area contributed by atoms with E-state index in [1.54, 1.807) is 18.2 Å². The van der Waals surface area contributed by atoms with E-state index < -0.39 is 23.5 Å². The second kappa shape index (κ2) is 4.68. The minimum atomic E-state index is -4.63. The highest BCUT2D eigenvalue weighted by Crippen LogP contribution is 2.30. The van der Waals surface area contributed by atoms with Crippen molar-refractivity contribution in [2.24, 2.45) is 5.73 Å². The molecular weight excluding hydrogens is 259 g/mol. The number of amides is 1. The van der Waals surface area contributed by atoms with Crippen LogP contribution in [0.15, 0.2) is 36.5 Å². The molecule has 98 valence electrons. The van der Waals surface area contributed by atoms with Crippen molar-refractivity contribution in [3.05, 3.63) is 47.9 Å². The average molecular weight is 267 g/mol. The normalized spacial score (nSPS) is 11.3. The largest absolute Gasteiger partial charge is 0.433 e. The van der Waals surface area contributed by atoms with Gasteiger partial charge in [0, 0.05) is 11.8 Å². The highest BCUT2D eigenvalue weighted by atomic mass is 19.4. The number of rotatable bonds is 2. The van der Waals surface area contributed by atoms with Gasteiger partial charge in [-0.15, -0.1) is 0 Å². The number of primary amides is 1. The van der Waals surface area contributed by atoms with Gasteiger partial charge in [0.05, 0.1) is 5.69 Å². The minimum absolute atomic E-state index is 0.168. The number of aromatic nitrogens is 2. The van der Waals surface area contributed by atoms with Gasteiger partial charge in [-0.3, -0.25) is 9.78 Å². The van der Waals surface area contributed by atoms with E-state index in [0.29, 0.717) is 5.69 Å². The van der Waals surface area contributed by atoms with E-state index in [9.17, 15) is 18.0 Å². The predicted molar refractivity (Wildman–Crippen MR) is 61.0 cm³/mol. The molecule has 2 N–H and O–H groups in total. The van der Waals surface area contributed by atoms with Crippen molar-refractivity contribution in [3.8, 4) is 11.3 Å². The summed E-state index contributed by atoms with van der Waals surface area (Å²) in [7, 11) is 0. The van der Waals surface area contributed by atoms with Crippen LogP contribution in [0, 0.1) is 0 Å². The number of halogens is 3. The maximum absolute atomic E-state index is 12.5. The lowest BCUT2D eigenvalue weighted by Crippen LogP contribution is -2.18. The Bertz CT molecular complexity index is 611. The van der Waals surface area contributed by atoms with Crippen LogP contribution in [-0.4, -0.2) is 15.9 Å². The summed E-state index contributed by atoms with van der Waals surface area (Å²) in [4.78, 5) is 18.5. The number of carbonyl (C=O) groups excluding carboxylic acids is 1. The van der Waals surface area contributed by atoms with E-state index in [1.807, 2.05) is 0 Å². The van der Waals surface area contributed by atoms with Crippen LogP contribution in [0.4, 0.5) is 13.2 Å². The maximum Gasteiger partial charge on any atom is 0.433 e. The summed E-state index contributed by atoms with van der Waals surface area (Å²) in [5, 5.41) is 0. The molecule has 7 heteroatoms. The monoisotopic (exact) mass is 267 g/mol. The minimum Gasteiger partial charge on any atom is -0.364 e. The van der Waals surface area contributed by atoms with Crippen molar-refractivity contribution >= 4 is 5.91 Å². The molecule has 0 spiro atoms. The summed E-state index contributed by atoms with van der Waals surface area (Å²) >= 11 is 0. The molecule has 0 atom stereocenters. The standard InChI is InChI=1S/C12H8F3N3O/c13-12(14,15)9-5-4-7(10(18-9)11(16)19)8-3-1-2-6-17-8/h1-6H,(H2,16,19). The second-order valence-corrected chi connectivity index (χ2v) is 3.67. The number of nitrogens with two attached hydrogens (primary N) is 1. The number of hydrogen-bond donors (Lipinski definition) is 1. The molecule has 0 aliphatic rings. The SMILES string of the molecule is NC(=O)c1nc(C(F)(F)F)ccc1-c1ccccn1. The van der Waals surface area contributed by atoms with Crippen molar-refractivity contribution in [1.29, 1.82) is 0 Å². The number of nitrogens with zero attached hydrogens (tertiary/aromatic N) is 2. The fraction of sp³-hybridized carbons (Fsp3) is 0.0833. The Kier molecular flexibility index (Phi) is 3.20. The van der Waals surface area contributed by atoms with E-state index >= 15 is 0 Å². The van der Waals surface area contributed by atoms with Gasteiger partial charge in [-0.1, -0.05) is 6.07 Å². The molecule has 2 rings (SSSR count). The van der Waals surface area contributed by atoms with Gasteiger partial charge in [0.25, 0.3) is 5.91 Å². The highest BCUT2D eigenvalue weighted by molar-refractivity contribution is 5.97. The van der Waals surface area contributed by atoms with Crippen LogP contribution in [0.25, 0.3) is 11.3 Å². The van der Waals surface area contributed by atoms with Crippen molar-refractivity contribution in [2.75, 3.05) is 0 Å². The van der Waals surface area contributed by atoms with Crippen LogP contribution < -0.4 is 5.73 Å². The van der Waals surface area contributed by atoms with Crippen molar-refractivity contribution in [1.82, 2.24) is 9.97 Å². The summed E-state index contributed by atoms with van der Waals surface area (Å²) in [5.41, 5.74) is 3.95. The van der Waals surface area contributed by atoms with Crippen LogP contribution in [0.1, 0.15) is 16.2 Å². The van der Waals surface area contributed by atoms with Gasteiger partial charge in [0.15, 0.2) is 0 Å². The zero-order valence-electron chi connectivity index (χ0n) is 9.48. The zero-order chi connectivity index (χ0) is 14.0. The Morgan fingerprint density at radius 3 is 2.42 bits per heavy atom. The van der Waals surface area contributed by atoms with E-state index in [1.165, 1.54) is 6.20 Å². The Labute approximate surface area is 106 Å². The quantitative estimate of drug-likeness (QED) is 0.907. The molecule has 4 nitrogen and oxygen atoms in total. The van der Waals surface area contributed by atoms with Crippen LogP contribution >= 0.6 is 0 Å². The lowest BCUT2D eigenvalue weighted by atomic mass is 10.1. The summed E-state index contributed by atoms with van der Waals surface area (Å²) < 4.78 is 37.6. The van der Waals surface area contributed by atoms with Gasteiger partial charge in [-0.05, 0) is 24.3 Å². The predicted octanol–water partition coefficient (Wildman–Crippen LogP) is 2.26. The van der Waals surface area contributed by atoms with E-state index in [-0.39, 0.29) is 5.56 Å². The molecular formula is C12H8F3N3O. The molecule has 0 bridgehead atoms. The van der Waals surface area contributed by atoms with Gasteiger partial charge in [-0.2, -0.15) is 13.2 Å². The number of alkyl halides is 3. The topological polar surface area (TPSA) is 68.9 Å². The first-order valence-electron chi connectivity index (χ1n) is 5.19. The Morgan fingerprint density at radius 2 is 1.89 bits per heavy atom. The van der Waals surface area contributed by atoms with Gasteiger partial charge < -0.3 is 5.73 Å².